The van der Waals surface area contributed by atoms with E-state index in [1.165, 1.54) is 57.8 Å². The quantitative estimate of drug-likeness (QED) is 0.695. The van der Waals surface area contributed by atoms with Gasteiger partial charge in [-0.1, -0.05) is 44.9 Å². The van der Waals surface area contributed by atoms with E-state index in [0.717, 1.165) is 12.8 Å². The molecule has 2 nitrogen and oxygen atoms in total. The monoisotopic (exact) mass is 211 g/mol. The van der Waals surface area contributed by atoms with Crippen molar-refractivity contribution in [2.75, 3.05) is 0 Å². The molecule has 0 amide bonds. The molecule has 1 aliphatic rings. The lowest BCUT2D eigenvalue weighted by atomic mass is 9.99. The van der Waals surface area contributed by atoms with Crippen LogP contribution in [0.1, 0.15) is 70.6 Å². The van der Waals surface area contributed by atoms with Crippen LogP contribution in [-0.2, 0) is 9.53 Å². The first-order chi connectivity index (χ1) is 7.43. The fourth-order valence-electron chi connectivity index (χ4n) is 2.31. The molecule has 1 rings (SSSR count). The molecule has 0 aromatic heterocycles. The van der Waals surface area contributed by atoms with Gasteiger partial charge >= 0.3 is 6.47 Å². The number of hydrogen-bond donors (Lipinski definition) is 0. The molecule has 0 spiro atoms. The maximum absolute atomic E-state index is 10.2. The van der Waals surface area contributed by atoms with E-state index in [9.17, 15) is 4.79 Å². The molecule has 0 aromatic rings. The predicted molar refractivity (Wildman–Crippen MR) is 61.4 cm³/mol. The SMILES string of the molecule is O=[C]OC1CCCCCCCCCCC1. The summed E-state index contributed by atoms with van der Waals surface area (Å²) in [6.07, 6.45) is 14.1. The number of hydrogen-bond acceptors (Lipinski definition) is 2. The highest BCUT2D eigenvalue weighted by Gasteiger charge is 2.09. The van der Waals surface area contributed by atoms with Crippen LogP contribution in [0, 0.1) is 0 Å². The van der Waals surface area contributed by atoms with Crippen LogP contribution in [0.2, 0.25) is 0 Å². The molecule has 0 heterocycles. The highest BCUT2D eigenvalue weighted by molar-refractivity contribution is 5.38. The average Bonchev–Trinajstić information content (AvgIpc) is 2.22. The van der Waals surface area contributed by atoms with Gasteiger partial charge < -0.3 is 4.74 Å². The molecule has 0 N–H and O–H groups in total. The molecule has 15 heavy (non-hydrogen) atoms. The van der Waals surface area contributed by atoms with E-state index in [-0.39, 0.29) is 6.10 Å². The van der Waals surface area contributed by atoms with E-state index in [0.29, 0.717) is 0 Å². The summed E-state index contributed by atoms with van der Waals surface area (Å²) in [4.78, 5) is 10.2. The van der Waals surface area contributed by atoms with Crippen LogP contribution in [-0.4, -0.2) is 12.6 Å². The minimum absolute atomic E-state index is 0.141. The third-order valence-electron chi connectivity index (χ3n) is 3.27. The second kappa shape index (κ2) is 8.75. The molecule has 0 unspecified atom stereocenters. The van der Waals surface area contributed by atoms with Gasteiger partial charge in [0.2, 0.25) is 0 Å². The van der Waals surface area contributed by atoms with E-state index in [2.05, 4.69) is 0 Å². The lowest BCUT2D eigenvalue weighted by Gasteiger charge is -2.15. The average molecular weight is 211 g/mol. The summed E-state index contributed by atoms with van der Waals surface area (Å²) in [7, 11) is 0. The van der Waals surface area contributed by atoms with E-state index in [4.69, 9.17) is 4.74 Å². The molecule has 0 atom stereocenters. The zero-order valence-corrected chi connectivity index (χ0v) is 9.67. The molecule has 1 radical (unpaired) electrons. The first-order valence-electron chi connectivity index (χ1n) is 6.46. The zero-order valence-electron chi connectivity index (χ0n) is 9.67. The molecule has 0 saturated heterocycles. The standard InChI is InChI=1S/C13H23O2/c14-12-15-13-10-8-6-4-2-1-3-5-7-9-11-13/h13H,1-11H2. The summed E-state index contributed by atoms with van der Waals surface area (Å²) < 4.78 is 4.98. The topological polar surface area (TPSA) is 26.3 Å². The zero-order chi connectivity index (χ0) is 10.8. The fraction of sp³-hybridized carbons (Fsp3) is 0.923. The minimum Gasteiger partial charge on any atom is -0.454 e. The van der Waals surface area contributed by atoms with Gasteiger partial charge in [0.1, 0.15) is 6.10 Å². The van der Waals surface area contributed by atoms with E-state index >= 15 is 0 Å². The molecule has 1 saturated carbocycles. The lowest BCUT2D eigenvalue weighted by Crippen LogP contribution is -2.12. The van der Waals surface area contributed by atoms with E-state index in [1.54, 1.807) is 6.47 Å². The van der Waals surface area contributed by atoms with Gasteiger partial charge in [0.25, 0.3) is 0 Å². The third-order valence-corrected chi connectivity index (χ3v) is 3.27. The summed E-state index contributed by atoms with van der Waals surface area (Å²) in [6.45, 7) is 1.60. The molecule has 87 valence electrons. The van der Waals surface area contributed by atoms with Crippen molar-refractivity contribution in [3.05, 3.63) is 0 Å². The molecule has 0 aliphatic heterocycles. The van der Waals surface area contributed by atoms with Crippen molar-refractivity contribution in [3.63, 3.8) is 0 Å². The Morgan fingerprint density at radius 2 is 1.13 bits per heavy atom. The molecule has 2 heteroatoms. The summed E-state index contributed by atoms with van der Waals surface area (Å²) >= 11 is 0. The van der Waals surface area contributed by atoms with Crippen molar-refractivity contribution >= 4 is 6.47 Å². The fourth-order valence-corrected chi connectivity index (χ4v) is 2.31. The lowest BCUT2D eigenvalue weighted by molar-refractivity contribution is 0.150. The Bertz CT molecular complexity index is 145. The molecule has 0 aromatic carbocycles. The maximum Gasteiger partial charge on any atom is 0.417 e. The van der Waals surface area contributed by atoms with Crippen molar-refractivity contribution in [3.8, 4) is 0 Å². The first-order valence-corrected chi connectivity index (χ1v) is 6.46. The van der Waals surface area contributed by atoms with Gasteiger partial charge in [0.05, 0.1) is 0 Å². The summed E-state index contributed by atoms with van der Waals surface area (Å²) in [5.74, 6) is 0. The van der Waals surface area contributed by atoms with Crippen LogP contribution in [0.5, 0.6) is 0 Å². The van der Waals surface area contributed by atoms with Crippen LogP contribution in [0.15, 0.2) is 0 Å². The molecule has 0 bridgehead atoms. The third kappa shape index (κ3) is 6.53. The predicted octanol–water partition coefficient (Wildman–Crippen LogP) is 3.74. The van der Waals surface area contributed by atoms with Crippen molar-refractivity contribution in [1.29, 1.82) is 0 Å². The molecular formula is C13H23O2. The Hall–Kier alpha value is -0.530. The van der Waals surface area contributed by atoms with Gasteiger partial charge in [-0.3, -0.25) is 0 Å². The van der Waals surface area contributed by atoms with Gasteiger partial charge in [-0.05, 0) is 25.7 Å². The Balaban J connectivity index is 2.22. The van der Waals surface area contributed by atoms with Crippen molar-refractivity contribution in [2.24, 2.45) is 0 Å². The van der Waals surface area contributed by atoms with Gasteiger partial charge in [-0.25, -0.2) is 4.79 Å². The van der Waals surface area contributed by atoms with Crippen LogP contribution < -0.4 is 0 Å². The normalized spacial score (nSPS) is 22.4. The van der Waals surface area contributed by atoms with Crippen molar-refractivity contribution in [1.82, 2.24) is 0 Å². The molecule has 1 fully saturated rings. The van der Waals surface area contributed by atoms with E-state index < -0.39 is 0 Å². The van der Waals surface area contributed by atoms with E-state index in [1.807, 2.05) is 0 Å². The van der Waals surface area contributed by atoms with Crippen LogP contribution in [0.4, 0.5) is 0 Å². The first kappa shape index (κ1) is 12.5. The van der Waals surface area contributed by atoms with Gasteiger partial charge in [-0.2, -0.15) is 0 Å². The van der Waals surface area contributed by atoms with Gasteiger partial charge in [0.15, 0.2) is 0 Å². The molecular weight excluding hydrogens is 188 g/mol. The molecule has 1 aliphatic carbocycles. The highest BCUT2D eigenvalue weighted by Crippen LogP contribution is 2.18. The largest absolute Gasteiger partial charge is 0.454 e. The van der Waals surface area contributed by atoms with Gasteiger partial charge in [-0.15, -0.1) is 0 Å². The maximum atomic E-state index is 10.2. The second-order valence-corrected chi connectivity index (χ2v) is 4.58. The van der Waals surface area contributed by atoms with Crippen LogP contribution in [0.25, 0.3) is 0 Å². The smallest absolute Gasteiger partial charge is 0.417 e. The van der Waals surface area contributed by atoms with Crippen molar-refractivity contribution in [2.45, 2.75) is 76.7 Å². The Labute approximate surface area is 93.4 Å². The Morgan fingerprint density at radius 1 is 0.733 bits per heavy atom. The van der Waals surface area contributed by atoms with Crippen LogP contribution in [0.3, 0.4) is 0 Å². The van der Waals surface area contributed by atoms with Crippen LogP contribution >= 0.6 is 0 Å². The van der Waals surface area contributed by atoms with Crippen molar-refractivity contribution < 1.29 is 9.53 Å². The number of ether oxygens (including phenoxy) is 1. The summed E-state index contributed by atoms with van der Waals surface area (Å²) in [6, 6.07) is 0. The number of carbonyl (C=O) groups excluding carboxylic acids is 1. The minimum atomic E-state index is 0.141. The number of rotatable bonds is 2. The summed E-state index contributed by atoms with van der Waals surface area (Å²) in [5.41, 5.74) is 0. The Kier molecular flexibility index (Phi) is 7.32. The van der Waals surface area contributed by atoms with Gasteiger partial charge in [0, 0.05) is 0 Å². The Morgan fingerprint density at radius 3 is 1.53 bits per heavy atom. The summed E-state index contributed by atoms with van der Waals surface area (Å²) in [5, 5.41) is 0. The second-order valence-electron chi connectivity index (χ2n) is 4.58. The highest BCUT2D eigenvalue weighted by atomic mass is 16.5.